The van der Waals surface area contributed by atoms with Crippen molar-refractivity contribution < 1.29 is 14.3 Å². The number of ether oxygens (including phenoxy) is 2. The lowest BCUT2D eigenvalue weighted by molar-refractivity contribution is 0.0505. The van der Waals surface area contributed by atoms with E-state index in [0.717, 1.165) is 23.5 Å². The Morgan fingerprint density at radius 1 is 1.48 bits per heavy atom. The number of hydrogen-bond donors (Lipinski definition) is 0. The van der Waals surface area contributed by atoms with Gasteiger partial charge >= 0.3 is 5.97 Å². The van der Waals surface area contributed by atoms with E-state index in [-0.39, 0.29) is 5.97 Å². The van der Waals surface area contributed by atoms with Crippen molar-refractivity contribution >= 4 is 17.3 Å². The minimum atomic E-state index is -0.308. The fourth-order valence-electron chi connectivity index (χ4n) is 1.94. The van der Waals surface area contributed by atoms with Crippen LogP contribution in [-0.2, 0) is 29.5 Å². The number of methoxy groups -OCH3 is 1. The molecule has 0 aliphatic carbocycles. The van der Waals surface area contributed by atoms with Gasteiger partial charge in [-0.3, -0.25) is 0 Å². The third kappa shape index (κ3) is 4.12. The van der Waals surface area contributed by atoms with E-state index >= 15 is 0 Å². The number of aryl methyl sites for hydroxylation is 3. The maximum Gasteiger partial charge on any atom is 0.350 e. The smallest absolute Gasteiger partial charge is 0.350 e. The van der Waals surface area contributed by atoms with Crippen LogP contribution in [0.25, 0.3) is 0 Å². The van der Waals surface area contributed by atoms with Crippen molar-refractivity contribution in [1.29, 1.82) is 0 Å². The van der Waals surface area contributed by atoms with Gasteiger partial charge in [0, 0.05) is 26.0 Å². The van der Waals surface area contributed by atoms with Crippen LogP contribution < -0.4 is 0 Å². The van der Waals surface area contributed by atoms with Crippen LogP contribution in [0.4, 0.5) is 0 Å². The van der Waals surface area contributed by atoms with Crippen LogP contribution in [0, 0.1) is 6.92 Å². The molecule has 0 N–H and O–H groups in total. The van der Waals surface area contributed by atoms with Gasteiger partial charge in [0.15, 0.2) is 0 Å². The van der Waals surface area contributed by atoms with Crippen molar-refractivity contribution in [3.8, 4) is 0 Å². The second-order valence-corrected chi connectivity index (χ2v) is 5.77. The lowest BCUT2D eigenvalue weighted by atomic mass is 10.2. The molecule has 2 rings (SSSR count). The normalized spacial score (nSPS) is 10.8. The van der Waals surface area contributed by atoms with E-state index in [9.17, 15) is 4.79 Å². The van der Waals surface area contributed by atoms with Crippen LogP contribution in [0.2, 0.25) is 0 Å². The third-order valence-electron chi connectivity index (χ3n) is 3.02. The molecular formula is C14H19N3O3S. The van der Waals surface area contributed by atoms with Crippen molar-refractivity contribution in [3.05, 3.63) is 33.8 Å². The number of carbonyl (C=O) groups excluding carboxylic acids is 1. The minimum Gasteiger partial charge on any atom is -0.461 e. The number of esters is 1. The summed E-state index contributed by atoms with van der Waals surface area (Å²) in [7, 11) is 3.56. The SMILES string of the molecule is COCc1nc(C)c(C(=O)OCCCc2cncn2C)s1. The Morgan fingerprint density at radius 2 is 2.29 bits per heavy atom. The molecule has 0 spiro atoms. The first-order valence-electron chi connectivity index (χ1n) is 6.69. The first-order valence-corrected chi connectivity index (χ1v) is 7.51. The van der Waals surface area contributed by atoms with Gasteiger partial charge in [-0.25, -0.2) is 14.8 Å². The molecule has 2 heterocycles. The Kier molecular flexibility index (Phi) is 5.46. The summed E-state index contributed by atoms with van der Waals surface area (Å²) in [5, 5.41) is 0.789. The zero-order valence-electron chi connectivity index (χ0n) is 12.5. The van der Waals surface area contributed by atoms with E-state index in [4.69, 9.17) is 9.47 Å². The highest BCUT2D eigenvalue weighted by atomic mass is 32.1. The summed E-state index contributed by atoms with van der Waals surface area (Å²) in [5.74, 6) is -0.308. The minimum absolute atomic E-state index is 0.308. The largest absolute Gasteiger partial charge is 0.461 e. The zero-order valence-corrected chi connectivity index (χ0v) is 13.3. The molecular weight excluding hydrogens is 290 g/mol. The molecule has 0 amide bonds. The van der Waals surface area contributed by atoms with Gasteiger partial charge in [-0.1, -0.05) is 0 Å². The van der Waals surface area contributed by atoms with E-state index < -0.39 is 0 Å². The Hall–Kier alpha value is -1.73. The molecule has 0 radical (unpaired) electrons. The second kappa shape index (κ2) is 7.33. The Balaban J connectivity index is 1.80. The van der Waals surface area contributed by atoms with Crippen LogP contribution in [0.1, 0.15) is 32.5 Å². The van der Waals surface area contributed by atoms with Crippen LogP contribution in [0.15, 0.2) is 12.5 Å². The quantitative estimate of drug-likeness (QED) is 0.579. The fourth-order valence-corrected chi connectivity index (χ4v) is 2.87. The Bertz CT molecular complexity index is 606. The topological polar surface area (TPSA) is 66.2 Å². The van der Waals surface area contributed by atoms with Crippen molar-refractivity contribution in [3.63, 3.8) is 0 Å². The Labute approximate surface area is 127 Å². The third-order valence-corrected chi connectivity index (χ3v) is 4.13. The zero-order chi connectivity index (χ0) is 15.2. The second-order valence-electron chi connectivity index (χ2n) is 4.69. The average molecular weight is 309 g/mol. The van der Waals surface area contributed by atoms with Gasteiger partial charge in [0.25, 0.3) is 0 Å². The van der Waals surface area contributed by atoms with Crippen LogP contribution in [0.3, 0.4) is 0 Å². The van der Waals surface area contributed by atoms with E-state index in [1.54, 1.807) is 13.4 Å². The van der Waals surface area contributed by atoms with Crippen molar-refractivity contribution in [2.45, 2.75) is 26.4 Å². The molecule has 21 heavy (non-hydrogen) atoms. The lowest BCUT2D eigenvalue weighted by Crippen LogP contribution is -2.07. The van der Waals surface area contributed by atoms with Gasteiger partial charge in [0.1, 0.15) is 9.88 Å². The molecule has 2 aromatic rings. The maximum atomic E-state index is 12.0. The predicted molar refractivity (Wildman–Crippen MR) is 79.4 cm³/mol. The fraction of sp³-hybridized carbons (Fsp3) is 0.500. The molecule has 2 aromatic heterocycles. The van der Waals surface area contributed by atoms with Gasteiger partial charge in [0.2, 0.25) is 0 Å². The van der Waals surface area contributed by atoms with Crippen LogP contribution in [0.5, 0.6) is 0 Å². The van der Waals surface area contributed by atoms with E-state index in [2.05, 4.69) is 9.97 Å². The summed E-state index contributed by atoms with van der Waals surface area (Å²) in [6, 6.07) is 0. The maximum absolute atomic E-state index is 12.0. The lowest BCUT2D eigenvalue weighted by Gasteiger charge is -2.04. The molecule has 0 saturated carbocycles. The number of carbonyl (C=O) groups is 1. The molecule has 0 bridgehead atoms. The summed E-state index contributed by atoms with van der Waals surface area (Å²) in [6.07, 6.45) is 5.19. The summed E-state index contributed by atoms with van der Waals surface area (Å²) in [4.78, 5) is 20.9. The van der Waals surface area contributed by atoms with E-state index in [1.807, 2.05) is 24.7 Å². The average Bonchev–Trinajstić information content (AvgIpc) is 3.01. The highest BCUT2D eigenvalue weighted by Gasteiger charge is 2.16. The van der Waals surface area contributed by atoms with Gasteiger partial charge in [-0.05, 0) is 19.8 Å². The number of hydrogen-bond acceptors (Lipinski definition) is 6. The number of nitrogens with zero attached hydrogens (tertiary/aromatic N) is 3. The molecule has 0 unspecified atom stereocenters. The summed E-state index contributed by atoms with van der Waals surface area (Å²) < 4.78 is 12.3. The van der Waals surface area contributed by atoms with Gasteiger partial charge in [0.05, 0.1) is 25.2 Å². The van der Waals surface area contributed by atoms with Crippen LogP contribution >= 0.6 is 11.3 Å². The highest BCUT2D eigenvalue weighted by molar-refractivity contribution is 7.13. The predicted octanol–water partition coefficient (Wildman–Crippen LogP) is 2.12. The molecule has 7 heteroatoms. The van der Waals surface area contributed by atoms with E-state index in [1.165, 1.54) is 11.3 Å². The number of imidazole rings is 1. The van der Waals surface area contributed by atoms with Gasteiger partial charge in [-0.2, -0.15) is 0 Å². The van der Waals surface area contributed by atoms with Crippen molar-refractivity contribution in [2.24, 2.45) is 7.05 Å². The molecule has 0 aliphatic rings. The monoisotopic (exact) mass is 309 g/mol. The molecule has 114 valence electrons. The van der Waals surface area contributed by atoms with Crippen molar-refractivity contribution in [1.82, 2.24) is 14.5 Å². The summed E-state index contributed by atoms with van der Waals surface area (Å²) >= 11 is 1.33. The number of aromatic nitrogens is 3. The standard InChI is InChI=1S/C14H19N3O3S/c1-10-13(21-12(16-10)8-19-3)14(18)20-6-4-5-11-7-15-9-17(11)2/h7,9H,4-6,8H2,1-3H3. The van der Waals surface area contributed by atoms with Gasteiger partial charge in [-0.15, -0.1) is 11.3 Å². The Morgan fingerprint density at radius 3 is 2.95 bits per heavy atom. The van der Waals surface area contributed by atoms with Gasteiger partial charge < -0.3 is 14.0 Å². The highest BCUT2D eigenvalue weighted by Crippen LogP contribution is 2.19. The van der Waals surface area contributed by atoms with E-state index in [0.29, 0.717) is 23.8 Å². The molecule has 0 aromatic carbocycles. The van der Waals surface area contributed by atoms with Crippen molar-refractivity contribution in [2.75, 3.05) is 13.7 Å². The molecule has 6 nitrogen and oxygen atoms in total. The number of rotatable bonds is 7. The van der Waals surface area contributed by atoms with Crippen LogP contribution in [-0.4, -0.2) is 34.2 Å². The molecule has 0 saturated heterocycles. The molecule has 0 fully saturated rings. The summed E-state index contributed by atoms with van der Waals surface area (Å²) in [5.41, 5.74) is 1.83. The number of thiazole rings is 1. The summed E-state index contributed by atoms with van der Waals surface area (Å²) in [6.45, 7) is 2.61. The first-order chi connectivity index (χ1) is 10.1. The molecule has 0 atom stereocenters. The molecule has 0 aliphatic heterocycles. The first kappa shape index (κ1) is 15.7.